The highest BCUT2D eigenvalue weighted by molar-refractivity contribution is 7.15. The fourth-order valence-corrected chi connectivity index (χ4v) is 3.14. The third-order valence-corrected chi connectivity index (χ3v) is 4.41. The molecule has 4 nitrogen and oxygen atoms in total. The predicted octanol–water partition coefficient (Wildman–Crippen LogP) is 3.69. The van der Waals surface area contributed by atoms with E-state index in [0.29, 0.717) is 13.2 Å². The maximum absolute atomic E-state index is 5.83. The molecule has 1 aromatic heterocycles. The van der Waals surface area contributed by atoms with Crippen molar-refractivity contribution in [2.24, 2.45) is 5.73 Å². The van der Waals surface area contributed by atoms with Crippen LogP contribution in [-0.4, -0.2) is 18.6 Å². The summed E-state index contributed by atoms with van der Waals surface area (Å²) in [6.45, 7) is 4.18. The standard InChI is InChI=1S/C16H23N3OS/c1-3-4-10-19(13-8-6-5-7-9-13)16-18-14(12-20-2)15(11-17)21-16/h5-9H,3-4,10-12,17H2,1-2H3. The van der Waals surface area contributed by atoms with Crippen molar-refractivity contribution in [2.75, 3.05) is 18.6 Å². The van der Waals surface area contributed by atoms with Gasteiger partial charge in [-0.2, -0.15) is 0 Å². The minimum Gasteiger partial charge on any atom is -0.378 e. The first-order chi connectivity index (χ1) is 10.3. The van der Waals surface area contributed by atoms with E-state index in [4.69, 9.17) is 15.5 Å². The number of unbranched alkanes of at least 4 members (excludes halogenated alkanes) is 1. The van der Waals surface area contributed by atoms with E-state index in [1.54, 1.807) is 18.4 Å². The van der Waals surface area contributed by atoms with Gasteiger partial charge in [-0.05, 0) is 18.6 Å². The summed E-state index contributed by atoms with van der Waals surface area (Å²) in [6.07, 6.45) is 2.29. The number of hydrogen-bond donors (Lipinski definition) is 1. The zero-order valence-corrected chi connectivity index (χ0v) is 13.5. The van der Waals surface area contributed by atoms with Crippen molar-refractivity contribution >= 4 is 22.2 Å². The van der Waals surface area contributed by atoms with Crippen LogP contribution >= 0.6 is 11.3 Å². The molecule has 5 heteroatoms. The van der Waals surface area contributed by atoms with Gasteiger partial charge in [0.05, 0.1) is 12.3 Å². The maximum atomic E-state index is 5.83. The van der Waals surface area contributed by atoms with Crippen molar-refractivity contribution in [3.63, 3.8) is 0 Å². The van der Waals surface area contributed by atoms with Gasteiger partial charge in [-0.3, -0.25) is 0 Å². The molecule has 0 aliphatic rings. The van der Waals surface area contributed by atoms with E-state index in [1.165, 1.54) is 5.69 Å². The second-order valence-corrected chi connectivity index (χ2v) is 5.91. The van der Waals surface area contributed by atoms with Gasteiger partial charge >= 0.3 is 0 Å². The Balaban J connectivity index is 2.32. The quantitative estimate of drug-likeness (QED) is 0.808. The zero-order chi connectivity index (χ0) is 15.1. The van der Waals surface area contributed by atoms with Gasteiger partial charge in [0.25, 0.3) is 0 Å². The third-order valence-electron chi connectivity index (χ3n) is 3.27. The topological polar surface area (TPSA) is 51.4 Å². The SMILES string of the molecule is CCCCN(c1ccccc1)c1nc(COC)c(CN)s1. The van der Waals surface area contributed by atoms with Crippen LogP contribution in [-0.2, 0) is 17.9 Å². The average molecular weight is 305 g/mol. The number of thiazole rings is 1. The van der Waals surface area contributed by atoms with E-state index in [1.807, 2.05) is 6.07 Å². The van der Waals surface area contributed by atoms with Crippen LogP contribution < -0.4 is 10.6 Å². The summed E-state index contributed by atoms with van der Waals surface area (Å²) in [6, 6.07) is 10.4. The molecule has 0 atom stereocenters. The second-order valence-electron chi connectivity index (χ2n) is 4.84. The molecule has 0 aliphatic heterocycles. The molecule has 0 aliphatic carbocycles. The Morgan fingerprint density at radius 2 is 2.05 bits per heavy atom. The highest BCUT2D eigenvalue weighted by atomic mass is 32.1. The molecule has 0 saturated heterocycles. The van der Waals surface area contributed by atoms with Crippen LogP contribution in [0.25, 0.3) is 0 Å². The minimum atomic E-state index is 0.507. The van der Waals surface area contributed by atoms with Crippen LogP contribution in [0.4, 0.5) is 10.8 Å². The summed E-state index contributed by atoms with van der Waals surface area (Å²) in [7, 11) is 1.69. The lowest BCUT2D eigenvalue weighted by Gasteiger charge is -2.21. The molecule has 0 amide bonds. The van der Waals surface area contributed by atoms with Crippen molar-refractivity contribution in [1.29, 1.82) is 0 Å². The first kappa shape index (κ1) is 15.9. The van der Waals surface area contributed by atoms with Crippen molar-refractivity contribution < 1.29 is 4.74 Å². The van der Waals surface area contributed by atoms with Gasteiger partial charge in [-0.25, -0.2) is 4.98 Å². The lowest BCUT2D eigenvalue weighted by Crippen LogP contribution is -2.18. The van der Waals surface area contributed by atoms with Crippen LogP contribution in [0, 0.1) is 0 Å². The number of anilines is 2. The summed E-state index contributed by atoms with van der Waals surface area (Å²) < 4.78 is 5.22. The van der Waals surface area contributed by atoms with E-state index in [2.05, 4.69) is 36.1 Å². The number of nitrogens with two attached hydrogens (primary N) is 1. The third kappa shape index (κ3) is 4.03. The summed E-state index contributed by atoms with van der Waals surface area (Å²) in [5.41, 5.74) is 7.96. The van der Waals surface area contributed by atoms with Gasteiger partial charge < -0.3 is 15.4 Å². The number of methoxy groups -OCH3 is 1. The van der Waals surface area contributed by atoms with Crippen molar-refractivity contribution in [1.82, 2.24) is 4.98 Å². The van der Waals surface area contributed by atoms with Crippen LogP contribution in [0.3, 0.4) is 0 Å². The van der Waals surface area contributed by atoms with Gasteiger partial charge in [0, 0.05) is 30.8 Å². The summed E-state index contributed by atoms with van der Waals surface area (Å²) >= 11 is 1.66. The zero-order valence-electron chi connectivity index (χ0n) is 12.7. The molecule has 0 fully saturated rings. The predicted molar refractivity (Wildman–Crippen MR) is 89.1 cm³/mol. The Hall–Kier alpha value is -1.43. The van der Waals surface area contributed by atoms with E-state index in [-0.39, 0.29) is 0 Å². The fourth-order valence-electron chi connectivity index (χ4n) is 2.15. The first-order valence-electron chi connectivity index (χ1n) is 7.30. The average Bonchev–Trinajstić information content (AvgIpc) is 2.92. The molecule has 0 unspecified atom stereocenters. The Kier molecular flexibility index (Phi) is 6.17. The van der Waals surface area contributed by atoms with Crippen LogP contribution in [0.15, 0.2) is 30.3 Å². The van der Waals surface area contributed by atoms with Crippen LogP contribution in [0.2, 0.25) is 0 Å². The molecule has 2 N–H and O–H groups in total. The van der Waals surface area contributed by atoms with Gasteiger partial charge in [-0.1, -0.05) is 42.9 Å². The van der Waals surface area contributed by atoms with Crippen molar-refractivity contribution in [2.45, 2.75) is 32.9 Å². The Morgan fingerprint density at radius 1 is 1.29 bits per heavy atom. The number of benzene rings is 1. The van der Waals surface area contributed by atoms with Gasteiger partial charge in [0.15, 0.2) is 5.13 Å². The number of para-hydroxylation sites is 1. The molecule has 0 radical (unpaired) electrons. The van der Waals surface area contributed by atoms with Crippen molar-refractivity contribution in [3.05, 3.63) is 40.9 Å². The lowest BCUT2D eigenvalue weighted by atomic mass is 10.2. The smallest absolute Gasteiger partial charge is 0.190 e. The van der Waals surface area contributed by atoms with E-state index >= 15 is 0 Å². The normalized spacial score (nSPS) is 10.8. The van der Waals surface area contributed by atoms with Gasteiger partial charge in [0.1, 0.15) is 0 Å². The molecule has 0 saturated carbocycles. The first-order valence-corrected chi connectivity index (χ1v) is 8.12. The summed E-state index contributed by atoms with van der Waals surface area (Å²) in [4.78, 5) is 8.11. The molecule has 21 heavy (non-hydrogen) atoms. The highest BCUT2D eigenvalue weighted by Gasteiger charge is 2.16. The van der Waals surface area contributed by atoms with E-state index in [9.17, 15) is 0 Å². The maximum Gasteiger partial charge on any atom is 0.190 e. The number of aromatic nitrogens is 1. The molecule has 1 aromatic carbocycles. The lowest BCUT2D eigenvalue weighted by molar-refractivity contribution is 0.181. The largest absolute Gasteiger partial charge is 0.378 e. The monoisotopic (exact) mass is 305 g/mol. The molecule has 0 bridgehead atoms. The Morgan fingerprint density at radius 3 is 2.67 bits per heavy atom. The van der Waals surface area contributed by atoms with E-state index < -0.39 is 0 Å². The fraction of sp³-hybridized carbons (Fsp3) is 0.438. The van der Waals surface area contributed by atoms with Gasteiger partial charge in [-0.15, -0.1) is 0 Å². The molecule has 2 aromatic rings. The Bertz CT molecular complexity index is 542. The summed E-state index contributed by atoms with van der Waals surface area (Å²) in [5, 5.41) is 1.00. The van der Waals surface area contributed by atoms with Crippen molar-refractivity contribution in [3.8, 4) is 0 Å². The Labute approximate surface area is 130 Å². The molecular formula is C16H23N3OS. The number of rotatable bonds is 8. The second kappa shape index (κ2) is 8.12. The molecule has 114 valence electrons. The molecular weight excluding hydrogens is 282 g/mol. The van der Waals surface area contributed by atoms with Crippen LogP contribution in [0.1, 0.15) is 30.3 Å². The highest BCUT2D eigenvalue weighted by Crippen LogP contribution is 2.32. The number of nitrogens with zero attached hydrogens (tertiary/aromatic N) is 2. The van der Waals surface area contributed by atoms with Crippen LogP contribution in [0.5, 0.6) is 0 Å². The molecule has 0 spiro atoms. The van der Waals surface area contributed by atoms with Gasteiger partial charge in [0.2, 0.25) is 0 Å². The minimum absolute atomic E-state index is 0.507. The number of ether oxygens (including phenoxy) is 1. The molecule has 1 heterocycles. The summed E-state index contributed by atoms with van der Waals surface area (Å²) in [5.74, 6) is 0. The number of hydrogen-bond acceptors (Lipinski definition) is 5. The van der Waals surface area contributed by atoms with E-state index in [0.717, 1.165) is 35.1 Å². The molecule has 2 rings (SSSR count).